The number of hydrogen-bond donors (Lipinski definition) is 1. The average Bonchev–Trinajstić information content (AvgIpc) is 3.81. The number of ether oxygens (including phenoxy) is 3. The number of halogens is 1. The van der Waals surface area contributed by atoms with Crippen LogP contribution in [-0.2, 0) is 22.6 Å². The van der Waals surface area contributed by atoms with Crippen molar-refractivity contribution in [3.05, 3.63) is 80.8 Å². The Kier molecular flexibility index (Phi) is 18.4. The number of fused-ring (bicyclic) bond motifs is 1. The molecule has 0 saturated heterocycles. The highest BCUT2D eigenvalue weighted by Crippen LogP contribution is 2.34. The number of unbranched alkanes of at least 4 members (excludes halogenated alkanes) is 2. The van der Waals surface area contributed by atoms with E-state index in [1.165, 1.54) is 24.5 Å². The van der Waals surface area contributed by atoms with Crippen LogP contribution >= 0.6 is 22.7 Å². The summed E-state index contributed by atoms with van der Waals surface area (Å²) in [5, 5.41) is 19.5. The van der Waals surface area contributed by atoms with E-state index in [0.29, 0.717) is 68.1 Å². The summed E-state index contributed by atoms with van der Waals surface area (Å²) < 4.78 is 36.0. The van der Waals surface area contributed by atoms with Crippen LogP contribution in [0.2, 0.25) is 25.7 Å². The molecule has 3 heterocycles. The number of carbonyl (C=O) groups excluding carboxylic acids is 1. The van der Waals surface area contributed by atoms with Gasteiger partial charge in [-0.1, -0.05) is 55.0 Å². The van der Waals surface area contributed by atoms with Gasteiger partial charge in [-0.05, 0) is 101 Å². The van der Waals surface area contributed by atoms with Gasteiger partial charge in [0.25, 0.3) is 0 Å². The molecule has 5 rings (SSSR count). The van der Waals surface area contributed by atoms with Crippen molar-refractivity contribution >= 4 is 63.7 Å². The lowest BCUT2D eigenvalue weighted by atomic mass is 10.2. The van der Waals surface area contributed by atoms with Gasteiger partial charge in [-0.15, -0.1) is 21.5 Å². The maximum Gasteiger partial charge on any atom is 0.357 e. The Morgan fingerprint density at radius 2 is 1.81 bits per heavy atom. The van der Waals surface area contributed by atoms with Crippen LogP contribution in [0.15, 0.2) is 53.5 Å². The lowest BCUT2D eigenvalue weighted by molar-refractivity contribution is -0.890. The van der Waals surface area contributed by atoms with Crippen LogP contribution in [0.4, 0.5) is 21.2 Å². The Balaban J connectivity index is 1.39. The molecular weight excluding hydrogens is 856 g/mol. The summed E-state index contributed by atoms with van der Waals surface area (Å²) in [5.74, 6) is 6.21. The standard InChI is InChI=1S/C46H64FN8O5S2Si/c1-34-31-41(50-51-43(34)49-46-54(33-59-29-30-63(7,8)9)37-18-11-12-19-39(37)61-46)53(24-13-10-14-25-55(4,5)26-27-56)45-48-42(44(57)58-6)40(62-45)20-16-28-60-38-22-21-35(32-36(38)47)17-15-23-52(2)3/h11-12,18-19,21-22,31-32,56H,10,13-14,16,20,23-30,33H2,1-9H3/q+1. The molecule has 0 aliphatic heterocycles. The smallest absolute Gasteiger partial charge is 0.357 e. The fourth-order valence-electron chi connectivity index (χ4n) is 6.53. The molecule has 13 nitrogen and oxygen atoms in total. The average molecular weight is 920 g/mol. The summed E-state index contributed by atoms with van der Waals surface area (Å²) >= 11 is 2.98. The molecule has 0 atom stereocenters. The SMILES string of the molecule is COC(=O)c1nc(N(CCCCC[N+](C)(C)CCO)c2cc(C)c(N=c3sc4ccccc4n3COCC[Si](C)(C)C)nn2)sc1CCCOc1ccc(C#CCN(C)C)cc1F. The molecular formula is C46H64FN8O5S2Si+. The van der Waals surface area contributed by atoms with Crippen LogP contribution in [-0.4, -0.2) is 130 Å². The topological polar surface area (TPSA) is 127 Å². The second kappa shape index (κ2) is 23.4. The molecule has 0 saturated carbocycles. The number of methoxy groups -OCH3 is 1. The largest absolute Gasteiger partial charge is 0.491 e. The second-order valence-corrected chi connectivity index (χ2v) is 25.4. The van der Waals surface area contributed by atoms with Crippen molar-refractivity contribution in [3.63, 3.8) is 0 Å². The van der Waals surface area contributed by atoms with Crippen molar-refractivity contribution in [1.82, 2.24) is 24.6 Å². The minimum Gasteiger partial charge on any atom is -0.491 e. The number of nitrogens with zero attached hydrogens (tertiary/aromatic N) is 8. The van der Waals surface area contributed by atoms with E-state index in [9.17, 15) is 14.3 Å². The number of hydrogen-bond acceptors (Lipinski definition) is 13. The number of esters is 1. The van der Waals surface area contributed by atoms with Crippen LogP contribution < -0.4 is 14.4 Å². The van der Waals surface area contributed by atoms with Gasteiger partial charge in [0.15, 0.2) is 38.8 Å². The first-order valence-electron chi connectivity index (χ1n) is 21.5. The molecule has 0 amide bonds. The number of anilines is 2. The van der Waals surface area contributed by atoms with E-state index in [0.717, 1.165) is 61.8 Å². The lowest BCUT2D eigenvalue weighted by Gasteiger charge is -2.29. The number of para-hydroxylation sites is 1. The fraction of sp³-hybridized carbons (Fsp3) is 0.500. The molecule has 1 N–H and O–H groups in total. The predicted molar refractivity (Wildman–Crippen MR) is 255 cm³/mol. The summed E-state index contributed by atoms with van der Waals surface area (Å²) in [5.41, 5.74) is 2.70. The number of aliphatic hydroxyl groups is 1. The molecule has 0 aliphatic carbocycles. The van der Waals surface area contributed by atoms with Crippen molar-refractivity contribution in [2.45, 2.75) is 71.4 Å². The Hall–Kier alpha value is -4.54. The zero-order valence-corrected chi connectivity index (χ0v) is 41.0. The number of thiazole rings is 2. The Morgan fingerprint density at radius 1 is 1.02 bits per heavy atom. The van der Waals surface area contributed by atoms with Gasteiger partial charge in [0.1, 0.15) is 13.3 Å². The number of benzene rings is 2. The number of aromatic nitrogens is 4. The summed E-state index contributed by atoms with van der Waals surface area (Å²) in [6.45, 7) is 13.3. The van der Waals surface area contributed by atoms with Crippen LogP contribution in [0.25, 0.3) is 10.2 Å². The highest BCUT2D eigenvalue weighted by Gasteiger charge is 2.24. The molecule has 17 heteroatoms. The number of quaternary nitrogens is 1. The number of aliphatic hydroxyl groups excluding tert-OH is 1. The first kappa shape index (κ1) is 49.5. The number of aryl methyl sites for hydroxylation is 2. The van der Waals surface area contributed by atoms with Crippen LogP contribution in [0.1, 0.15) is 52.2 Å². The highest BCUT2D eigenvalue weighted by atomic mass is 32.1. The van der Waals surface area contributed by atoms with Crippen molar-refractivity contribution in [3.8, 4) is 17.6 Å². The first-order chi connectivity index (χ1) is 30.1. The van der Waals surface area contributed by atoms with E-state index in [-0.39, 0.29) is 24.7 Å². The molecule has 0 radical (unpaired) electrons. The van der Waals surface area contributed by atoms with E-state index < -0.39 is 19.9 Å². The quantitative estimate of drug-likeness (QED) is 0.0226. The van der Waals surface area contributed by atoms with Crippen molar-refractivity contribution in [2.24, 2.45) is 4.99 Å². The minimum atomic E-state index is -1.25. The molecule has 340 valence electrons. The third-order valence-corrected chi connectivity index (χ3v) is 14.1. The monoisotopic (exact) mass is 919 g/mol. The van der Waals surface area contributed by atoms with Crippen molar-refractivity contribution in [1.29, 1.82) is 0 Å². The molecule has 3 aromatic heterocycles. The van der Waals surface area contributed by atoms with Gasteiger partial charge in [-0.25, -0.2) is 14.2 Å². The van der Waals surface area contributed by atoms with Crippen LogP contribution in [0.5, 0.6) is 5.75 Å². The molecule has 0 unspecified atom stereocenters. The molecule has 0 spiro atoms. The zero-order chi connectivity index (χ0) is 45.6. The highest BCUT2D eigenvalue weighted by molar-refractivity contribution is 7.16. The summed E-state index contributed by atoms with van der Waals surface area (Å²) in [6, 6.07) is 16.0. The molecule has 5 aromatic rings. The van der Waals surface area contributed by atoms with E-state index in [1.807, 2.05) is 49.0 Å². The third-order valence-electron chi connectivity index (χ3n) is 10.2. The van der Waals surface area contributed by atoms with Gasteiger partial charge in [0.2, 0.25) is 0 Å². The van der Waals surface area contributed by atoms with Crippen LogP contribution in [0.3, 0.4) is 0 Å². The Bertz CT molecular complexity index is 2420. The summed E-state index contributed by atoms with van der Waals surface area (Å²) in [6.07, 6.45) is 3.71. The molecule has 2 aromatic carbocycles. The van der Waals surface area contributed by atoms with Crippen molar-refractivity contribution in [2.75, 3.05) is 86.2 Å². The number of likely N-dealkylation sites (N-methyl/N-ethyl adjacent to an activating group) is 1. The molecule has 63 heavy (non-hydrogen) atoms. The number of rotatable bonds is 23. The molecule has 0 fully saturated rings. The fourth-order valence-corrected chi connectivity index (χ4v) is 9.43. The Morgan fingerprint density at radius 3 is 2.52 bits per heavy atom. The van der Waals surface area contributed by atoms with Gasteiger partial charge in [-0.3, -0.25) is 9.47 Å². The van der Waals surface area contributed by atoms with Crippen molar-refractivity contribution < 1.29 is 33.0 Å². The first-order valence-corrected chi connectivity index (χ1v) is 26.8. The van der Waals surface area contributed by atoms with Gasteiger partial charge in [0, 0.05) is 31.7 Å². The van der Waals surface area contributed by atoms with E-state index in [4.69, 9.17) is 29.3 Å². The van der Waals surface area contributed by atoms with Gasteiger partial charge >= 0.3 is 5.97 Å². The summed E-state index contributed by atoms with van der Waals surface area (Å²) in [4.78, 5) is 28.5. The zero-order valence-electron chi connectivity index (χ0n) is 38.4. The molecule has 0 bridgehead atoms. The van der Waals surface area contributed by atoms with Crippen LogP contribution in [0, 0.1) is 24.6 Å². The van der Waals surface area contributed by atoms with E-state index in [2.05, 4.69) is 67.4 Å². The van der Waals surface area contributed by atoms with Gasteiger partial charge < -0.3 is 28.7 Å². The van der Waals surface area contributed by atoms with E-state index in [1.54, 1.807) is 23.5 Å². The minimum absolute atomic E-state index is 0.146. The third kappa shape index (κ3) is 15.0. The predicted octanol–water partition coefficient (Wildman–Crippen LogP) is 8.03. The maximum absolute atomic E-state index is 14.9. The Labute approximate surface area is 380 Å². The summed E-state index contributed by atoms with van der Waals surface area (Å²) in [7, 11) is 8.20. The number of carbonyl (C=O) groups is 1. The van der Waals surface area contributed by atoms with Gasteiger partial charge in [0.05, 0.1) is 57.7 Å². The van der Waals surface area contributed by atoms with E-state index >= 15 is 0 Å². The van der Waals surface area contributed by atoms with Gasteiger partial charge in [-0.2, -0.15) is 4.99 Å². The molecule has 0 aliphatic rings. The second-order valence-electron chi connectivity index (χ2n) is 17.7. The normalized spacial score (nSPS) is 12.2. The lowest BCUT2D eigenvalue weighted by Crippen LogP contribution is -2.42. The maximum atomic E-state index is 14.9.